The molecule has 28 heavy (non-hydrogen) atoms. The Labute approximate surface area is 162 Å². The van der Waals surface area contributed by atoms with Gasteiger partial charge in [0.1, 0.15) is 18.1 Å². The smallest absolute Gasteiger partial charge is 0.276 e. The van der Waals surface area contributed by atoms with Gasteiger partial charge in [0.2, 0.25) is 0 Å². The van der Waals surface area contributed by atoms with E-state index in [9.17, 15) is 14.9 Å². The third-order valence-electron chi connectivity index (χ3n) is 5.49. The first-order chi connectivity index (χ1) is 13.5. The number of hydrogen-bond acceptors (Lipinski definition) is 7. The van der Waals surface area contributed by atoms with E-state index in [1.54, 1.807) is 6.92 Å². The highest BCUT2D eigenvalue weighted by atomic mass is 16.6. The SMILES string of the molecule is Cc1onc(C(=O)N2CCN3CCCC3C2)c1COc1ccc([N+](=O)[O-])cc1. The van der Waals surface area contributed by atoms with Crippen molar-refractivity contribution < 1.29 is 19.0 Å². The van der Waals surface area contributed by atoms with Gasteiger partial charge in [-0.3, -0.25) is 19.8 Å². The second-order valence-corrected chi connectivity index (χ2v) is 7.19. The van der Waals surface area contributed by atoms with Crippen LogP contribution < -0.4 is 4.74 Å². The molecule has 1 atom stereocenters. The van der Waals surface area contributed by atoms with Crippen molar-refractivity contribution in [1.29, 1.82) is 0 Å². The Morgan fingerprint density at radius 3 is 2.86 bits per heavy atom. The molecule has 3 heterocycles. The van der Waals surface area contributed by atoms with Gasteiger partial charge in [-0.2, -0.15) is 0 Å². The number of carbonyl (C=O) groups is 1. The number of rotatable bonds is 5. The number of nitrogens with zero attached hydrogens (tertiary/aromatic N) is 4. The largest absolute Gasteiger partial charge is 0.489 e. The summed E-state index contributed by atoms with van der Waals surface area (Å²) in [6.07, 6.45) is 2.31. The van der Waals surface area contributed by atoms with E-state index in [0.29, 0.717) is 36.2 Å². The lowest BCUT2D eigenvalue weighted by atomic mass is 10.1. The number of benzene rings is 1. The topological polar surface area (TPSA) is 102 Å². The molecule has 0 bridgehead atoms. The first-order valence-corrected chi connectivity index (χ1v) is 9.38. The van der Waals surface area contributed by atoms with Gasteiger partial charge in [0.15, 0.2) is 5.69 Å². The van der Waals surface area contributed by atoms with E-state index in [2.05, 4.69) is 10.1 Å². The van der Waals surface area contributed by atoms with E-state index in [1.165, 1.54) is 30.7 Å². The van der Waals surface area contributed by atoms with Crippen molar-refractivity contribution in [2.24, 2.45) is 0 Å². The second kappa shape index (κ2) is 7.59. The molecule has 2 fully saturated rings. The van der Waals surface area contributed by atoms with Gasteiger partial charge in [-0.1, -0.05) is 5.16 Å². The zero-order valence-electron chi connectivity index (χ0n) is 15.7. The molecule has 0 spiro atoms. The van der Waals surface area contributed by atoms with Crippen molar-refractivity contribution in [3.8, 4) is 5.75 Å². The van der Waals surface area contributed by atoms with Gasteiger partial charge in [-0.25, -0.2) is 0 Å². The van der Waals surface area contributed by atoms with Gasteiger partial charge in [0.05, 0.1) is 10.5 Å². The minimum atomic E-state index is -0.464. The van der Waals surface area contributed by atoms with Gasteiger partial charge in [-0.05, 0) is 38.4 Å². The fourth-order valence-electron chi connectivity index (χ4n) is 3.87. The van der Waals surface area contributed by atoms with Crippen molar-refractivity contribution in [3.63, 3.8) is 0 Å². The molecule has 0 saturated carbocycles. The summed E-state index contributed by atoms with van der Waals surface area (Å²) in [6.45, 7) is 5.26. The number of aromatic nitrogens is 1. The van der Waals surface area contributed by atoms with Crippen LogP contribution in [-0.4, -0.2) is 58.0 Å². The summed E-state index contributed by atoms with van der Waals surface area (Å²) in [5.74, 6) is 0.875. The van der Waals surface area contributed by atoms with Gasteiger partial charge in [0.25, 0.3) is 11.6 Å². The van der Waals surface area contributed by atoms with Crippen molar-refractivity contribution in [1.82, 2.24) is 15.0 Å². The average Bonchev–Trinajstić information content (AvgIpc) is 3.32. The van der Waals surface area contributed by atoms with Gasteiger partial charge >= 0.3 is 0 Å². The predicted octanol–water partition coefficient (Wildman–Crippen LogP) is 2.39. The lowest BCUT2D eigenvalue weighted by Crippen LogP contribution is -2.52. The zero-order chi connectivity index (χ0) is 19.7. The molecule has 1 aromatic carbocycles. The first-order valence-electron chi connectivity index (χ1n) is 9.38. The van der Waals surface area contributed by atoms with Crippen LogP contribution in [0, 0.1) is 17.0 Å². The van der Waals surface area contributed by atoms with E-state index in [1.807, 2.05) is 4.90 Å². The van der Waals surface area contributed by atoms with Crippen LogP contribution in [0.25, 0.3) is 0 Å². The minimum absolute atomic E-state index is 0.00423. The Balaban J connectivity index is 1.45. The van der Waals surface area contributed by atoms with Gasteiger partial charge < -0.3 is 14.2 Å². The summed E-state index contributed by atoms with van der Waals surface area (Å²) < 4.78 is 11.0. The monoisotopic (exact) mass is 386 g/mol. The van der Waals surface area contributed by atoms with Crippen LogP contribution >= 0.6 is 0 Å². The number of non-ortho nitro benzene ring substituents is 1. The van der Waals surface area contributed by atoms with Crippen molar-refractivity contribution in [2.45, 2.75) is 32.4 Å². The molecular weight excluding hydrogens is 364 g/mol. The standard InChI is InChI=1S/C19H22N4O5/c1-13-17(12-27-16-6-4-14(5-7-16)23(25)26)18(20-28-13)19(24)22-10-9-21-8-2-3-15(21)11-22/h4-7,15H,2-3,8-12H2,1H3. The van der Waals surface area contributed by atoms with E-state index < -0.39 is 4.92 Å². The summed E-state index contributed by atoms with van der Waals surface area (Å²) in [5.41, 5.74) is 0.887. The van der Waals surface area contributed by atoms with Crippen LogP contribution in [0.5, 0.6) is 5.75 Å². The highest BCUT2D eigenvalue weighted by Crippen LogP contribution is 2.25. The summed E-state index contributed by atoms with van der Waals surface area (Å²) in [6, 6.07) is 6.25. The van der Waals surface area contributed by atoms with Gasteiger partial charge in [0, 0.05) is 37.8 Å². The molecule has 2 aliphatic rings. The van der Waals surface area contributed by atoms with E-state index in [4.69, 9.17) is 9.26 Å². The molecule has 9 heteroatoms. The maximum atomic E-state index is 13.0. The van der Waals surface area contributed by atoms with Crippen molar-refractivity contribution >= 4 is 11.6 Å². The molecule has 148 valence electrons. The van der Waals surface area contributed by atoms with E-state index in [0.717, 1.165) is 19.5 Å². The summed E-state index contributed by atoms with van der Waals surface area (Å²) in [4.78, 5) is 27.6. The van der Waals surface area contributed by atoms with Crippen LogP contribution in [0.3, 0.4) is 0 Å². The molecule has 9 nitrogen and oxygen atoms in total. The van der Waals surface area contributed by atoms with Crippen LogP contribution in [0.1, 0.15) is 34.7 Å². The van der Waals surface area contributed by atoms with Crippen LogP contribution in [0.2, 0.25) is 0 Å². The highest BCUT2D eigenvalue weighted by molar-refractivity contribution is 5.94. The fraction of sp³-hybridized carbons (Fsp3) is 0.474. The average molecular weight is 386 g/mol. The predicted molar refractivity (Wildman–Crippen MR) is 99.2 cm³/mol. The molecule has 4 rings (SSSR count). The summed E-state index contributed by atoms with van der Waals surface area (Å²) >= 11 is 0. The number of aryl methyl sites for hydroxylation is 1. The van der Waals surface area contributed by atoms with Crippen molar-refractivity contribution in [2.75, 3.05) is 26.2 Å². The molecule has 1 amide bonds. The van der Waals surface area contributed by atoms with Crippen LogP contribution in [-0.2, 0) is 6.61 Å². The maximum Gasteiger partial charge on any atom is 0.276 e. The number of carbonyl (C=O) groups excluding carboxylic acids is 1. The zero-order valence-corrected chi connectivity index (χ0v) is 15.7. The Bertz CT molecular complexity index is 879. The Morgan fingerprint density at radius 2 is 2.11 bits per heavy atom. The number of amides is 1. The lowest BCUT2D eigenvalue weighted by Gasteiger charge is -2.37. The van der Waals surface area contributed by atoms with Crippen LogP contribution in [0.15, 0.2) is 28.8 Å². The molecule has 1 aromatic heterocycles. The highest BCUT2D eigenvalue weighted by Gasteiger charge is 2.34. The number of hydrogen-bond donors (Lipinski definition) is 0. The Kier molecular flexibility index (Phi) is 4.99. The molecule has 0 radical (unpaired) electrons. The molecule has 2 aliphatic heterocycles. The fourth-order valence-corrected chi connectivity index (χ4v) is 3.87. The quantitative estimate of drug-likeness (QED) is 0.574. The number of fused-ring (bicyclic) bond motifs is 1. The van der Waals surface area contributed by atoms with Crippen molar-refractivity contribution in [3.05, 3.63) is 51.4 Å². The van der Waals surface area contributed by atoms with E-state index >= 15 is 0 Å². The molecule has 2 saturated heterocycles. The Hall–Kier alpha value is -2.94. The number of nitro groups is 1. The first kappa shape index (κ1) is 18.4. The lowest BCUT2D eigenvalue weighted by molar-refractivity contribution is -0.384. The number of ether oxygens (including phenoxy) is 1. The maximum absolute atomic E-state index is 13.0. The molecule has 2 aromatic rings. The second-order valence-electron chi connectivity index (χ2n) is 7.19. The minimum Gasteiger partial charge on any atom is -0.489 e. The van der Waals surface area contributed by atoms with Gasteiger partial charge in [-0.15, -0.1) is 0 Å². The third-order valence-corrected chi connectivity index (χ3v) is 5.49. The summed E-state index contributed by atoms with van der Waals surface area (Å²) in [7, 11) is 0. The normalized spacial score (nSPS) is 19.5. The summed E-state index contributed by atoms with van der Waals surface area (Å²) in [5, 5.41) is 14.7. The number of piperazine rings is 1. The molecule has 0 aliphatic carbocycles. The third kappa shape index (κ3) is 3.57. The molecule has 1 unspecified atom stereocenters. The molecule has 0 N–H and O–H groups in total. The van der Waals surface area contributed by atoms with Crippen LogP contribution in [0.4, 0.5) is 5.69 Å². The molecular formula is C19H22N4O5. The van der Waals surface area contributed by atoms with E-state index in [-0.39, 0.29) is 23.9 Å². The Morgan fingerprint density at radius 1 is 1.32 bits per heavy atom. The number of nitro benzene ring substituents is 1.